The number of piperidine rings is 1. The van der Waals surface area contributed by atoms with Crippen molar-refractivity contribution in [1.82, 2.24) is 39.6 Å². The van der Waals surface area contributed by atoms with Crippen molar-refractivity contribution in [3.05, 3.63) is 48.9 Å². The van der Waals surface area contributed by atoms with Crippen LogP contribution in [-0.2, 0) is 9.53 Å². The number of rotatable bonds is 9. The molecule has 0 bridgehead atoms. The van der Waals surface area contributed by atoms with Gasteiger partial charge in [0.25, 0.3) is 0 Å². The summed E-state index contributed by atoms with van der Waals surface area (Å²) in [6, 6.07) is 11.1. The second kappa shape index (κ2) is 12.1. The molecule has 1 unspecified atom stereocenters. The van der Waals surface area contributed by atoms with Gasteiger partial charge in [-0.2, -0.15) is 14.6 Å². The number of hydrogen-bond donors (Lipinski definition) is 2. The van der Waals surface area contributed by atoms with Crippen molar-refractivity contribution < 1.29 is 18.7 Å². The normalized spacial score (nSPS) is 17.0. The predicted octanol–water partition coefficient (Wildman–Crippen LogP) is 2.23. The Morgan fingerprint density at radius 2 is 1.86 bits per heavy atom. The van der Waals surface area contributed by atoms with E-state index in [1.54, 1.807) is 36.4 Å². The standard InChI is InChI=1S/C30H36N10O4/c1-42-17-18-43-22-6-4-21(5-7-22)37-12-14-38(15-13-37)29(41)25(20-8-10-32-11-9-20)39-28-23(19-33-39)27-34-26(24-3-2-16-44-24)36-40(27)30(31)35-28/h2-7,16,19-20,25,32H,8-15,17-18H2,1H3,(H2,31,35). The predicted molar refractivity (Wildman–Crippen MR) is 163 cm³/mol. The molecule has 7 rings (SSSR count). The summed E-state index contributed by atoms with van der Waals surface area (Å²) in [7, 11) is 1.66. The van der Waals surface area contributed by atoms with E-state index in [-0.39, 0.29) is 17.8 Å². The number of nitrogen functional groups attached to an aromatic ring is 1. The Bertz CT molecular complexity index is 1720. The highest BCUT2D eigenvalue weighted by molar-refractivity contribution is 5.92. The molecule has 0 aliphatic carbocycles. The first-order valence-corrected chi connectivity index (χ1v) is 15.0. The van der Waals surface area contributed by atoms with Crippen molar-refractivity contribution >= 4 is 34.2 Å². The number of ether oxygens (including phenoxy) is 2. The fourth-order valence-corrected chi connectivity index (χ4v) is 6.17. The van der Waals surface area contributed by atoms with Gasteiger partial charge in [0.15, 0.2) is 17.1 Å². The molecule has 1 amide bonds. The summed E-state index contributed by atoms with van der Waals surface area (Å²) in [4.78, 5) is 28.0. The molecular formula is C30H36N10O4. The summed E-state index contributed by atoms with van der Waals surface area (Å²) in [6.45, 7) is 5.45. The highest BCUT2D eigenvalue weighted by Crippen LogP contribution is 2.33. The molecule has 4 aromatic heterocycles. The first-order chi connectivity index (χ1) is 21.6. The largest absolute Gasteiger partial charge is 0.491 e. The van der Waals surface area contributed by atoms with Gasteiger partial charge in [-0.15, -0.1) is 5.10 Å². The smallest absolute Gasteiger partial charge is 0.247 e. The summed E-state index contributed by atoms with van der Waals surface area (Å²) < 4.78 is 19.5. The van der Waals surface area contributed by atoms with Gasteiger partial charge in [0.1, 0.15) is 18.4 Å². The quantitative estimate of drug-likeness (QED) is 0.239. The number of methoxy groups -OCH3 is 1. The number of fused-ring (bicyclic) bond motifs is 3. The van der Waals surface area contributed by atoms with E-state index in [0.29, 0.717) is 54.6 Å². The number of amides is 1. The van der Waals surface area contributed by atoms with Crippen LogP contribution in [0.25, 0.3) is 28.3 Å². The van der Waals surface area contributed by atoms with Gasteiger partial charge in [0.2, 0.25) is 17.7 Å². The molecule has 14 nitrogen and oxygen atoms in total. The van der Waals surface area contributed by atoms with Crippen LogP contribution in [0.3, 0.4) is 0 Å². The van der Waals surface area contributed by atoms with Crippen LogP contribution in [0.15, 0.2) is 53.3 Å². The fourth-order valence-electron chi connectivity index (χ4n) is 6.17. The van der Waals surface area contributed by atoms with Crippen LogP contribution in [0.5, 0.6) is 5.75 Å². The van der Waals surface area contributed by atoms with E-state index >= 15 is 0 Å². The zero-order valence-corrected chi connectivity index (χ0v) is 24.6. The number of nitrogens with two attached hydrogens (primary N) is 1. The van der Waals surface area contributed by atoms with Crippen molar-refractivity contribution in [2.75, 3.05) is 70.2 Å². The molecule has 2 aliphatic heterocycles. The summed E-state index contributed by atoms with van der Waals surface area (Å²) in [5, 5.41) is 13.3. The summed E-state index contributed by atoms with van der Waals surface area (Å²) >= 11 is 0. The van der Waals surface area contributed by atoms with Gasteiger partial charge in [-0.1, -0.05) is 0 Å². The number of nitrogens with zero attached hydrogens (tertiary/aromatic N) is 8. The lowest BCUT2D eigenvalue weighted by Gasteiger charge is -2.39. The summed E-state index contributed by atoms with van der Waals surface area (Å²) in [5.74, 6) is 2.07. The molecule has 1 aromatic carbocycles. The summed E-state index contributed by atoms with van der Waals surface area (Å²) in [6.07, 6.45) is 5.00. The van der Waals surface area contributed by atoms with Crippen LogP contribution < -0.4 is 20.7 Å². The van der Waals surface area contributed by atoms with Crippen molar-refractivity contribution in [3.63, 3.8) is 0 Å². The number of anilines is 2. The molecule has 2 saturated heterocycles. The van der Waals surface area contributed by atoms with E-state index in [2.05, 4.69) is 37.4 Å². The molecule has 0 radical (unpaired) electrons. The van der Waals surface area contributed by atoms with Crippen LogP contribution in [0.2, 0.25) is 0 Å². The van der Waals surface area contributed by atoms with Gasteiger partial charge >= 0.3 is 0 Å². The van der Waals surface area contributed by atoms with Crippen molar-refractivity contribution in [3.8, 4) is 17.3 Å². The lowest BCUT2D eigenvalue weighted by Crippen LogP contribution is -2.52. The monoisotopic (exact) mass is 600 g/mol. The molecule has 5 aromatic rings. The number of carbonyl (C=O) groups excluding carboxylic acids is 1. The number of furan rings is 1. The lowest BCUT2D eigenvalue weighted by molar-refractivity contribution is -0.137. The first-order valence-electron chi connectivity index (χ1n) is 15.0. The zero-order chi connectivity index (χ0) is 30.0. The van der Waals surface area contributed by atoms with Crippen LogP contribution in [0, 0.1) is 5.92 Å². The minimum atomic E-state index is -0.508. The Morgan fingerprint density at radius 1 is 1.07 bits per heavy atom. The third-order valence-corrected chi connectivity index (χ3v) is 8.49. The first kappa shape index (κ1) is 28.1. The van der Waals surface area contributed by atoms with Gasteiger partial charge in [-0.25, -0.2) is 9.67 Å². The average molecular weight is 601 g/mol. The number of carbonyl (C=O) groups is 1. The molecule has 230 valence electrons. The highest BCUT2D eigenvalue weighted by atomic mass is 16.5. The molecule has 44 heavy (non-hydrogen) atoms. The number of piperazine rings is 1. The Hall–Kier alpha value is -4.69. The number of hydrogen-bond acceptors (Lipinski definition) is 11. The van der Waals surface area contributed by atoms with Crippen LogP contribution in [0.1, 0.15) is 18.9 Å². The van der Waals surface area contributed by atoms with Gasteiger partial charge in [-0.3, -0.25) is 4.79 Å². The van der Waals surface area contributed by atoms with E-state index < -0.39 is 6.04 Å². The summed E-state index contributed by atoms with van der Waals surface area (Å²) in [5.41, 5.74) is 8.53. The molecule has 1 atom stereocenters. The molecular weight excluding hydrogens is 564 g/mol. The molecule has 14 heteroatoms. The Morgan fingerprint density at radius 3 is 2.59 bits per heavy atom. The Balaban J connectivity index is 1.14. The Labute approximate surface area is 253 Å². The van der Waals surface area contributed by atoms with E-state index in [1.165, 1.54) is 4.52 Å². The third-order valence-electron chi connectivity index (χ3n) is 8.49. The maximum atomic E-state index is 14.4. The van der Waals surface area contributed by atoms with Gasteiger partial charge in [0, 0.05) is 39.0 Å². The van der Waals surface area contributed by atoms with E-state index in [1.807, 2.05) is 17.0 Å². The topological polar surface area (TPSA) is 154 Å². The SMILES string of the molecule is COCCOc1ccc(N2CCN(C(=O)C(C3CCNCC3)n3ncc4c3nc(N)n3nc(-c5ccco5)nc43)CC2)cc1. The Kier molecular flexibility index (Phi) is 7.75. The highest BCUT2D eigenvalue weighted by Gasteiger charge is 2.37. The molecule has 2 aliphatic rings. The van der Waals surface area contributed by atoms with Crippen LogP contribution >= 0.6 is 0 Å². The molecule has 3 N–H and O–H groups in total. The second-order valence-electron chi connectivity index (χ2n) is 11.1. The fraction of sp³-hybridized carbons (Fsp3) is 0.433. The van der Waals surface area contributed by atoms with Crippen molar-refractivity contribution in [1.29, 1.82) is 0 Å². The van der Waals surface area contributed by atoms with Gasteiger partial charge in [-0.05, 0) is 68.2 Å². The van der Waals surface area contributed by atoms with Gasteiger partial charge < -0.3 is 34.7 Å². The maximum Gasteiger partial charge on any atom is 0.247 e. The average Bonchev–Trinajstić information content (AvgIpc) is 3.83. The van der Waals surface area contributed by atoms with Gasteiger partial charge in [0.05, 0.1) is 24.5 Å². The van der Waals surface area contributed by atoms with Crippen LogP contribution in [-0.4, -0.2) is 99.8 Å². The van der Waals surface area contributed by atoms with Crippen molar-refractivity contribution in [2.24, 2.45) is 5.92 Å². The number of nitrogens with one attached hydrogen (secondary N) is 1. The molecule has 6 heterocycles. The zero-order valence-electron chi connectivity index (χ0n) is 24.6. The molecule has 0 spiro atoms. The lowest BCUT2D eigenvalue weighted by atomic mass is 9.89. The van der Waals surface area contributed by atoms with E-state index in [0.717, 1.165) is 50.5 Å². The van der Waals surface area contributed by atoms with Crippen LogP contribution in [0.4, 0.5) is 11.6 Å². The van der Waals surface area contributed by atoms with E-state index in [9.17, 15) is 4.79 Å². The third kappa shape index (κ3) is 5.30. The number of aromatic nitrogens is 6. The minimum Gasteiger partial charge on any atom is -0.491 e. The van der Waals surface area contributed by atoms with Crippen molar-refractivity contribution in [2.45, 2.75) is 18.9 Å². The molecule has 2 fully saturated rings. The minimum absolute atomic E-state index is 0.0569. The second-order valence-corrected chi connectivity index (χ2v) is 11.1. The maximum absolute atomic E-state index is 14.4. The molecule has 0 saturated carbocycles. The number of benzene rings is 1. The van der Waals surface area contributed by atoms with E-state index in [4.69, 9.17) is 24.7 Å².